The summed E-state index contributed by atoms with van der Waals surface area (Å²) in [5.41, 5.74) is 2.16. The Balaban J connectivity index is 1.60. The van der Waals surface area contributed by atoms with Gasteiger partial charge in [0.1, 0.15) is 30.4 Å². The minimum absolute atomic E-state index is 0.222. The Labute approximate surface area is 217 Å². The summed E-state index contributed by atoms with van der Waals surface area (Å²) in [5, 5.41) is 27.0. The number of ether oxygens (including phenoxy) is 1. The van der Waals surface area contributed by atoms with Gasteiger partial charge in [0.2, 0.25) is 0 Å². The van der Waals surface area contributed by atoms with Crippen molar-refractivity contribution in [2.24, 2.45) is 0 Å². The van der Waals surface area contributed by atoms with Crippen LogP contribution in [0.3, 0.4) is 0 Å². The lowest BCUT2D eigenvalue weighted by molar-refractivity contribution is 0.0769. The van der Waals surface area contributed by atoms with Crippen LogP contribution in [0.1, 0.15) is 41.8 Å². The van der Waals surface area contributed by atoms with Gasteiger partial charge in [-0.1, -0.05) is 37.3 Å². The Morgan fingerprint density at radius 2 is 2.06 bits per heavy atom. The lowest BCUT2D eigenvalue weighted by Crippen LogP contribution is -2.36. The Kier molecular flexibility index (Phi) is 9.08. The number of carbonyl (C=O) groups is 1. The molecule has 2 heterocycles. The first-order valence-electron chi connectivity index (χ1n) is 11.8. The number of halogens is 1. The average molecular weight is 529 g/mol. The average Bonchev–Trinajstić information content (AvgIpc) is 3.43. The van der Waals surface area contributed by atoms with Crippen LogP contribution in [0.2, 0.25) is 30.7 Å². The van der Waals surface area contributed by atoms with Gasteiger partial charge in [0, 0.05) is 38.7 Å². The normalized spacial score (nSPS) is 13.3. The summed E-state index contributed by atoms with van der Waals surface area (Å²) in [6.45, 7) is 11.6. The molecule has 3 aromatic rings. The van der Waals surface area contributed by atoms with Crippen LogP contribution in [0.15, 0.2) is 36.7 Å². The van der Waals surface area contributed by atoms with Crippen LogP contribution >= 0.6 is 11.6 Å². The van der Waals surface area contributed by atoms with Crippen LogP contribution in [0.4, 0.5) is 0 Å². The number of rotatable bonds is 11. The quantitative estimate of drug-likeness (QED) is 0.280. The summed E-state index contributed by atoms with van der Waals surface area (Å²) in [7, 11) is -1.21. The molecule has 0 aliphatic heterocycles. The Morgan fingerprint density at radius 1 is 1.31 bits per heavy atom. The van der Waals surface area contributed by atoms with E-state index in [1.807, 2.05) is 25.3 Å². The lowest BCUT2D eigenvalue weighted by Gasteiger charge is -2.16. The molecule has 2 aromatic heterocycles. The first kappa shape index (κ1) is 27.6. The van der Waals surface area contributed by atoms with Crippen molar-refractivity contribution in [3.63, 3.8) is 0 Å². The van der Waals surface area contributed by atoms with Crippen LogP contribution < -0.4 is 5.32 Å². The van der Waals surface area contributed by atoms with Gasteiger partial charge in [-0.15, -0.1) is 0 Å². The Bertz CT molecular complexity index is 1240. The monoisotopic (exact) mass is 528 g/mol. The first-order chi connectivity index (χ1) is 17.0. The number of nitriles is 1. The minimum atomic E-state index is -1.21. The summed E-state index contributed by atoms with van der Waals surface area (Å²) in [5.74, 6) is 0.0510. The number of carbonyl (C=O) groups excluding carboxylic acids is 1. The predicted molar refractivity (Wildman–Crippen MR) is 141 cm³/mol. The number of nitrogens with zero attached hydrogens (tertiary/aromatic N) is 5. The molecule has 3 rings (SSSR count). The highest BCUT2D eigenvalue weighted by Gasteiger charge is 2.20. The maximum Gasteiger partial charge on any atom is 0.271 e. The second kappa shape index (κ2) is 11.8. The molecule has 2 N–H and O–H groups in total. The molecule has 1 unspecified atom stereocenters. The Hall–Kier alpha value is -2.97. The highest BCUT2D eigenvalue weighted by molar-refractivity contribution is 6.76. The standard InChI is InChI=1S/C25H33ClN6O3Si/c1-17(14-32-9-8-22(30-32)19-6-7-20(13-27)21(26)12-19)28-25(34)23-15-31(24(29-23)18(2)33)16-35-10-11-36(3,4)5/h6-9,12,15,17-18,33H,10-11,14,16H2,1-5H3,(H,28,34)/t17?,18-/m0/s1. The van der Waals surface area contributed by atoms with E-state index in [9.17, 15) is 9.90 Å². The smallest absolute Gasteiger partial charge is 0.271 e. The Morgan fingerprint density at radius 3 is 2.69 bits per heavy atom. The van der Waals surface area contributed by atoms with Gasteiger partial charge < -0.3 is 19.7 Å². The summed E-state index contributed by atoms with van der Waals surface area (Å²) in [6.07, 6.45) is 2.60. The van der Waals surface area contributed by atoms with E-state index >= 15 is 0 Å². The van der Waals surface area contributed by atoms with Crippen molar-refractivity contribution in [3.05, 3.63) is 58.8 Å². The molecule has 0 saturated carbocycles. The highest BCUT2D eigenvalue weighted by Crippen LogP contribution is 2.24. The van der Waals surface area contributed by atoms with Crippen molar-refractivity contribution < 1.29 is 14.6 Å². The van der Waals surface area contributed by atoms with E-state index in [-0.39, 0.29) is 24.4 Å². The van der Waals surface area contributed by atoms with E-state index in [1.165, 1.54) is 0 Å². The molecule has 9 nitrogen and oxygen atoms in total. The molecular formula is C25H33ClN6O3Si. The third-order valence-electron chi connectivity index (χ3n) is 5.50. The summed E-state index contributed by atoms with van der Waals surface area (Å²) >= 11 is 6.14. The molecule has 2 atom stereocenters. The molecule has 11 heteroatoms. The van der Waals surface area contributed by atoms with Gasteiger partial charge in [-0.3, -0.25) is 9.48 Å². The van der Waals surface area contributed by atoms with Crippen molar-refractivity contribution in [1.29, 1.82) is 5.26 Å². The molecule has 1 aromatic carbocycles. The van der Waals surface area contributed by atoms with Gasteiger partial charge in [0.05, 0.1) is 22.8 Å². The largest absolute Gasteiger partial charge is 0.385 e. The molecule has 0 aliphatic rings. The fourth-order valence-electron chi connectivity index (χ4n) is 3.52. The molecule has 0 spiro atoms. The zero-order valence-corrected chi connectivity index (χ0v) is 23.1. The predicted octanol–water partition coefficient (Wildman–Crippen LogP) is 4.46. The molecule has 0 aliphatic carbocycles. The molecule has 192 valence electrons. The summed E-state index contributed by atoms with van der Waals surface area (Å²) < 4.78 is 9.19. The fraction of sp³-hybridized carbons (Fsp3) is 0.440. The number of amides is 1. The number of hydrogen-bond donors (Lipinski definition) is 2. The van der Waals surface area contributed by atoms with Crippen molar-refractivity contribution in [1.82, 2.24) is 24.6 Å². The van der Waals surface area contributed by atoms with E-state index in [1.54, 1.807) is 40.6 Å². The SMILES string of the molecule is CC(Cn1ccc(-c2ccc(C#N)c(Cl)c2)n1)NC(=O)c1cn(COCC[Si](C)(C)C)c([C@H](C)O)n1. The second-order valence-electron chi connectivity index (χ2n) is 10.1. The first-order valence-corrected chi connectivity index (χ1v) is 15.9. The van der Waals surface area contributed by atoms with Crippen LogP contribution in [-0.4, -0.2) is 51.1 Å². The zero-order chi connectivity index (χ0) is 26.5. The van der Waals surface area contributed by atoms with Crippen molar-refractivity contribution in [2.75, 3.05) is 6.61 Å². The van der Waals surface area contributed by atoms with Crippen LogP contribution in [-0.2, 0) is 18.0 Å². The highest BCUT2D eigenvalue weighted by atomic mass is 35.5. The minimum Gasteiger partial charge on any atom is -0.385 e. The number of benzene rings is 1. The number of nitrogens with one attached hydrogen (secondary N) is 1. The maximum atomic E-state index is 12.8. The third kappa shape index (κ3) is 7.51. The molecular weight excluding hydrogens is 496 g/mol. The van der Waals surface area contributed by atoms with Crippen molar-refractivity contribution >= 4 is 25.6 Å². The van der Waals surface area contributed by atoms with E-state index < -0.39 is 14.2 Å². The number of aliphatic hydroxyl groups excluding tert-OH is 1. The van der Waals surface area contributed by atoms with E-state index in [0.29, 0.717) is 29.6 Å². The number of aromatic nitrogens is 4. The van der Waals surface area contributed by atoms with Gasteiger partial charge in [0.15, 0.2) is 0 Å². The van der Waals surface area contributed by atoms with Crippen molar-refractivity contribution in [3.8, 4) is 17.3 Å². The molecule has 0 bridgehead atoms. The molecule has 0 fully saturated rings. The van der Waals surface area contributed by atoms with Gasteiger partial charge >= 0.3 is 0 Å². The lowest BCUT2D eigenvalue weighted by atomic mass is 10.1. The van der Waals surface area contributed by atoms with Crippen LogP contribution in [0, 0.1) is 11.3 Å². The van der Waals surface area contributed by atoms with Gasteiger partial charge in [-0.25, -0.2) is 4.98 Å². The fourth-order valence-corrected chi connectivity index (χ4v) is 4.50. The van der Waals surface area contributed by atoms with Crippen molar-refractivity contribution in [2.45, 2.75) is 65.0 Å². The maximum absolute atomic E-state index is 12.8. The van der Waals surface area contributed by atoms with Gasteiger partial charge in [-0.2, -0.15) is 10.4 Å². The molecule has 0 radical (unpaired) electrons. The van der Waals surface area contributed by atoms with E-state index in [4.69, 9.17) is 21.6 Å². The molecule has 1 amide bonds. The van der Waals surface area contributed by atoms with Crippen LogP contribution in [0.5, 0.6) is 0 Å². The van der Waals surface area contributed by atoms with E-state index in [2.05, 4.69) is 35.0 Å². The van der Waals surface area contributed by atoms with E-state index in [0.717, 1.165) is 17.3 Å². The van der Waals surface area contributed by atoms with Gasteiger partial charge in [0.25, 0.3) is 5.91 Å². The molecule has 0 saturated heterocycles. The van der Waals surface area contributed by atoms with Crippen LogP contribution in [0.25, 0.3) is 11.3 Å². The molecule has 36 heavy (non-hydrogen) atoms. The topological polar surface area (TPSA) is 118 Å². The summed E-state index contributed by atoms with van der Waals surface area (Å²) in [6, 6.07) is 9.87. The number of hydrogen-bond acceptors (Lipinski definition) is 6. The second-order valence-corrected chi connectivity index (χ2v) is 16.1. The summed E-state index contributed by atoms with van der Waals surface area (Å²) in [4.78, 5) is 17.2. The zero-order valence-electron chi connectivity index (χ0n) is 21.3. The number of aliphatic hydroxyl groups is 1. The number of imidazole rings is 1. The third-order valence-corrected chi connectivity index (χ3v) is 7.52. The van der Waals surface area contributed by atoms with Gasteiger partial charge in [-0.05, 0) is 38.1 Å².